The largest absolute Gasteiger partial charge is 0.350 e. The third kappa shape index (κ3) is 3.07. The lowest BCUT2D eigenvalue weighted by Gasteiger charge is -2.35. The van der Waals surface area contributed by atoms with Gasteiger partial charge in [0.2, 0.25) is 11.9 Å². The first-order valence-electron chi connectivity index (χ1n) is 8.55. The van der Waals surface area contributed by atoms with E-state index < -0.39 is 0 Å². The topological polar surface area (TPSA) is 50.2 Å². The van der Waals surface area contributed by atoms with Crippen LogP contribution < -0.4 is 10.2 Å². The smallest absolute Gasteiger partial charge is 0.231 e. The van der Waals surface area contributed by atoms with Crippen molar-refractivity contribution in [2.75, 3.05) is 19.0 Å². The second-order valence-electron chi connectivity index (χ2n) is 6.81. The van der Waals surface area contributed by atoms with E-state index in [1.807, 2.05) is 42.9 Å². The van der Waals surface area contributed by atoms with Crippen molar-refractivity contribution < 1.29 is 4.79 Å². The van der Waals surface area contributed by atoms with Gasteiger partial charge in [0.1, 0.15) is 0 Å². The molecule has 2 heterocycles. The van der Waals surface area contributed by atoms with Crippen LogP contribution in [0.25, 0.3) is 0 Å². The van der Waals surface area contributed by atoms with Crippen molar-refractivity contribution in [3.63, 3.8) is 0 Å². The van der Waals surface area contributed by atoms with E-state index in [2.05, 4.69) is 21.7 Å². The van der Waals surface area contributed by atoms with Crippen molar-refractivity contribution in [2.24, 2.45) is 7.05 Å². The number of rotatable bonds is 5. The van der Waals surface area contributed by atoms with Crippen LogP contribution in [0.5, 0.6) is 0 Å². The van der Waals surface area contributed by atoms with Gasteiger partial charge in [0.05, 0.1) is 23.9 Å². The highest BCUT2D eigenvalue weighted by molar-refractivity contribution is 7.10. The average Bonchev–Trinajstić information content (AvgIpc) is 3.23. The first-order chi connectivity index (χ1) is 11.5. The fourth-order valence-electron chi connectivity index (χ4n) is 3.65. The quantitative estimate of drug-likeness (QED) is 0.905. The van der Waals surface area contributed by atoms with Gasteiger partial charge in [-0.2, -0.15) is 0 Å². The third-order valence-corrected chi connectivity index (χ3v) is 6.10. The predicted octanol–water partition coefficient (Wildman–Crippen LogP) is 3.07. The van der Waals surface area contributed by atoms with E-state index >= 15 is 0 Å². The number of hydrogen-bond donors (Lipinski definition) is 1. The number of thiophene rings is 1. The number of hydrogen-bond acceptors (Lipinski definition) is 4. The van der Waals surface area contributed by atoms with Crippen molar-refractivity contribution in [3.05, 3.63) is 34.3 Å². The molecule has 0 aliphatic heterocycles. The molecule has 0 unspecified atom stereocenters. The van der Waals surface area contributed by atoms with Gasteiger partial charge in [-0.25, -0.2) is 4.98 Å². The highest BCUT2D eigenvalue weighted by Crippen LogP contribution is 2.41. The Bertz CT molecular complexity index is 684. The highest BCUT2D eigenvalue weighted by atomic mass is 32.1. The monoisotopic (exact) mass is 346 g/mol. The lowest BCUT2D eigenvalue weighted by Crippen LogP contribution is -2.45. The van der Waals surface area contributed by atoms with Crippen LogP contribution in [0.15, 0.2) is 23.7 Å². The van der Waals surface area contributed by atoms with E-state index in [-0.39, 0.29) is 11.3 Å². The van der Waals surface area contributed by atoms with Gasteiger partial charge in [-0.3, -0.25) is 4.79 Å². The van der Waals surface area contributed by atoms with Gasteiger partial charge in [0.25, 0.3) is 0 Å². The van der Waals surface area contributed by atoms with E-state index in [1.54, 1.807) is 11.3 Å². The fourth-order valence-corrected chi connectivity index (χ4v) is 4.63. The Kier molecular flexibility index (Phi) is 4.94. The lowest BCUT2D eigenvalue weighted by molar-refractivity contribution is -0.128. The van der Waals surface area contributed by atoms with Crippen LogP contribution in [0.4, 0.5) is 5.95 Å². The number of imidazole rings is 1. The van der Waals surface area contributed by atoms with E-state index in [4.69, 9.17) is 0 Å². The zero-order valence-electron chi connectivity index (χ0n) is 14.7. The van der Waals surface area contributed by atoms with Gasteiger partial charge in [0, 0.05) is 26.0 Å². The molecule has 24 heavy (non-hydrogen) atoms. The molecule has 0 aromatic carbocycles. The summed E-state index contributed by atoms with van der Waals surface area (Å²) in [5.74, 6) is 1.06. The molecule has 2 aromatic heterocycles. The van der Waals surface area contributed by atoms with Crippen molar-refractivity contribution in [2.45, 2.75) is 44.1 Å². The van der Waals surface area contributed by atoms with Crippen molar-refractivity contribution in [1.29, 1.82) is 0 Å². The average molecular weight is 347 g/mol. The molecule has 2 aromatic rings. The minimum atomic E-state index is -0.338. The molecule has 6 heteroatoms. The molecule has 1 aliphatic rings. The minimum Gasteiger partial charge on any atom is -0.350 e. The summed E-state index contributed by atoms with van der Waals surface area (Å²) in [4.78, 5) is 20.7. The van der Waals surface area contributed by atoms with Crippen molar-refractivity contribution in [3.8, 4) is 0 Å². The molecule has 0 atom stereocenters. The van der Waals surface area contributed by atoms with Gasteiger partial charge in [-0.15, -0.1) is 11.3 Å². The molecule has 1 aliphatic carbocycles. The summed E-state index contributed by atoms with van der Waals surface area (Å²) in [6, 6.07) is 4.16. The Labute approximate surface area is 147 Å². The number of amides is 1. The molecule has 0 bridgehead atoms. The third-order valence-electron chi connectivity index (χ3n) is 5.02. The molecule has 1 amide bonds. The molecular formula is C18H26N4OS. The fraction of sp³-hybridized carbons (Fsp3) is 0.556. The minimum absolute atomic E-state index is 0.164. The zero-order valence-corrected chi connectivity index (χ0v) is 15.5. The van der Waals surface area contributed by atoms with Crippen LogP contribution in [0.3, 0.4) is 0 Å². The standard InChI is InChI=1S/C18H26N4OS/c1-21(2)17-20-13-14(22(17)3)12-19-16(23)18(9-5-4-6-10-18)15-8-7-11-24-15/h7-8,11,13H,4-6,9-10,12H2,1-3H3,(H,19,23). The number of carbonyl (C=O) groups is 1. The van der Waals surface area contributed by atoms with Crippen LogP contribution in [0, 0.1) is 0 Å². The van der Waals surface area contributed by atoms with Crippen LogP contribution in [0.1, 0.15) is 42.7 Å². The molecule has 0 radical (unpaired) electrons. The summed E-state index contributed by atoms with van der Waals surface area (Å²) in [5.41, 5.74) is 0.680. The molecule has 1 fully saturated rings. The second-order valence-corrected chi connectivity index (χ2v) is 7.75. The van der Waals surface area contributed by atoms with Gasteiger partial charge in [0.15, 0.2) is 0 Å². The maximum atomic E-state index is 13.1. The predicted molar refractivity (Wildman–Crippen MR) is 98.5 cm³/mol. The van der Waals surface area contributed by atoms with Gasteiger partial charge in [-0.1, -0.05) is 25.3 Å². The first kappa shape index (κ1) is 17.0. The molecule has 1 N–H and O–H groups in total. The Hall–Kier alpha value is -1.82. The molecule has 3 rings (SSSR count). The van der Waals surface area contributed by atoms with E-state index in [0.29, 0.717) is 6.54 Å². The Balaban J connectivity index is 1.75. The lowest BCUT2D eigenvalue weighted by atomic mass is 9.72. The number of carbonyl (C=O) groups excluding carboxylic acids is 1. The first-order valence-corrected chi connectivity index (χ1v) is 9.43. The highest BCUT2D eigenvalue weighted by Gasteiger charge is 2.41. The summed E-state index contributed by atoms with van der Waals surface area (Å²) in [5, 5.41) is 5.25. The normalized spacial score (nSPS) is 16.8. The maximum absolute atomic E-state index is 13.1. The number of aromatic nitrogens is 2. The van der Waals surface area contributed by atoms with Crippen LogP contribution in [-0.4, -0.2) is 29.6 Å². The summed E-state index contributed by atoms with van der Waals surface area (Å²) in [6.45, 7) is 0.517. The second kappa shape index (κ2) is 6.97. The Morgan fingerprint density at radius 2 is 2.12 bits per heavy atom. The SMILES string of the molecule is CN(C)c1ncc(CNC(=O)C2(c3cccs3)CCCCC2)n1C. The maximum Gasteiger partial charge on any atom is 0.231 e. The molecule has 1 saturated carbocycles. The van der Waals surface area contributed by atoms with Gasteiger partial charge < -0.3 is 14.8 Å². The number of anilines is 1. The van der Waals surface area contributed by atoms with Crippen molar-refractivity contribution in [1.82, 2.24) is 14.9 Å². The molecule has 0 spiro atoms. The van der Waals surface area contributed by atoms with E-state index in [1.165, 1.54) is 11.3 Å². The summed E-state index contributed by atoms with van der Waals surface area (Å²) >= 11 is 1.70. The van der Waals surface area contributed by atoms with Crippen LogP contribution in [-0.2, 0) is 23.8 Å². The molecule has 5 nitrogen and oxygen atoms in total. The summed E-state index contributed by atoms with van der Waals surface area (Å²) < 4.78 is 2.03. The number of nitrogens with one attached hydrogen (secondary N) is 1. The van der Waals surface area contributed by atoms with Crippen LogP contribution in [0.2, 0.25) is 0 Å². The summed E-state index contributed by atoms with van der Waals surface area (Å²) in [7, 11) is 5.93. The Morgan fingerprint density at radius 3 is 2.71 bits per heavy atom. The van der Waals surface area contributed by atoms with E-state index in [0.717, 1.165) is 37.3 Å². The van der Waals surface area contributed by atoms with Gasteiger partial charge >= 0.3 is 0 Å². The number of nitrogens with zero attached hydrogens (tertiary/aromatic N) is 3. The zero-order chi connectivity index (χ0) is 17.2. The van der Waals surface area contributed by atoms with E-state index in [9.17, 15) is 4.79 Å². The van der Waals surface area contributed by atoms with Crippen LogP contribution >= 0.6 is 11.3 Å². The molecule has 0 saturated heterocycles. The summed E-state index contributed by atoms with van der Waals surface area (Å²) in [6.07, 6.45) is 7.23. The van der Waals surface area contributed by atoms with Crippen molar-refractivity contribution >= 4 is 23.2 Å². The molecular weight excluding hydrogens is 320 g/mol. The molecule has 130 valence electrons. The van der Waals surface area contributed by atoms with Gasteiger partial charge in [-0.05, 0) is 24.3 Å². The Morgan fingerprint density at radius 1 is 1.38 bits per heavy atom.